The minimum atomic E-state index is -3.26. The molecule has 96 valence electrons. The quantitative estimate of drug-likeness (QED) is 0.819. The smallest absolute Gasteiger partial charge is 0.178 e. The van der Waals surface area contributed by atoms with Crippen molar-refractivity contribution in [2.24, 2.45) is 0 Å². The van der Waals surface area contributed by atoms with E-state index in [2.05, 4.69) is 5.10 Å². The number of sulfone groups is 1. The van der Waals surface area contributed by atoms with Crippen LogP contribution in [0.5, 0.6) is 0 Å². The molecule has 1 aromatic carbocycles. The standard InChI is InChI=1S/C11H10Cl2N2O2S/c1-18(16,17)10-6-14-15(7-10)11-3-2-9(13)4-8(11)5-12/h2-4,6-7H,5H2,1H3. The number of aromatic nitrogens is 2. The molecular formula is C11H10Cl2N2O2S. The van der Waals surface area contributed by atoms with Gasteiger partial charge in [-0.1, -0.05) is 11.6 Å². The van der Waals surface area contributed by atoms with Gasteiger partial charge in [0, 0.05) is 23.4 Å². The predicted molar refractivity (Wildman–Crippen MR) is 71.2 cm³/mol. The lowest BCUT2D eigenvalue weighted by Gasteiger charge is -2.07. The highest BCUT2D eigenvalue weighted by atomic mass is 35.5. The molecule has 0 aliphatic heterocycles. The van der Waals surface area contributed by atoms with Gasteiger partial charge in [-0.05, 0) is 23.8 Å². The van der Waals surface area contributed by atoms with Gasteiger partial charge in [-0.25, -0.2) is 13.1 Å². The third-order valence-electron chi connectivity index (χ3n) is 2.42. The fourth-order valence-electron chi connectivity index (χ4n) is 1.51. The lowest BCUT2D eigenvalue weighted by molar-refractivity contribution is 0.602. The summed E-state index contributed by atoms with van der Waals surface area (Å²) >= 11 is 11.7. The Bertz CT molecular complexity index is 680. The molecule has 2 rings (SSSR count). The van der Waals surface area contributed by atoms with E-state index in [1.54, 1.807) is 18.2 Å². The summed E-state index contributed by atoms with van der Waals surface area (Å²) in [5.41, 5.74) is 1.50. The molecule has 2 aromatic rings. The summed E-state index contributed by atoms with van der Waals surface area (Å²) in [4.78, 5) is 0.165. The molecule has 0 aliphatic carbocycles. The first-order valence-corrected chi connectivity index (χ1v) is 7.81. The summed E-state index contributed by atoms with van der Waals surface area (Å²) in [5, 5.41) is 4.60. The molecule has 18 heavy (non-hydrogen) atoms. The van der Waals surface area contributed by atoms with Gasteiger partial charge in [0.05, 0.1) is 11.9 Å². The van der Waals surface area contributed by atoms with Gasteiger partial charge in [0.2, 0.25) is 0 Å². The minimum Gasteiger partial charge on any atom is -0.239 e. The van der Waals surface area contributed by atoms with E-state index in [1.165, 1.54) is 17.1 Å². The molecule has 0 bridgehead atoms. The Kier molecular flexibility index (Phi) is 3.66. The second-order valence-electron chi connectivity index (χ2n) is 3.80. The Morgan fingerprint density at radius 2 is 2.11 bits per heavy atom. The van der Waals surface area contributed by atoms with Gasteiger partial charge in [0.15, 0.2) is 9.84 Å². The van der Waals surface area contributed by atoms with E-state index >= 15 is 0 Å². The molecule has 0 fully saturated rings. The van der Waals surface area contributed by atoms with E-state index in [1.807, 2.05) is 0 Å². The van der Waals surface area contributed by atoms with E-state index in [0.717, 1.165) is 11.8 Å². The van der Waals surface area contributed by atoms with Gasteiger partial charge in [-0.2, -0.15) is 5.10 Å². The summed E-state index contributed by atoms with van der Waals surface area (Å²) in [5.74, 6) is 0.268. The average Bonchev–Trinajstić information content (AvgIpc) is 2.77. The Morgan fingerprint density at radius 1 is 1.39 bits per heavy atom. The minimum absolute atomic E-state index is 0.165. The SMILES string of the molecule is CS(=O)(=O)c1cnn(-c2ccc(Cl)cc2CCl)c1. The second-order valence-corrected chi connectivity index (χ2v) is 6.52. The maximum absolute atomic E-state index is 11.4. The molecular weight excluding hydrogens is 295 g/mol. The van der Waals surface area contributed by atoms with Crippen LogP contribution in [0.2, 0.25) is 5.02 Å². The fraction of sp³-hybridized carbons (Fsp3) is 0.182. The zero-order chi connectivity index (χ0) is 13.3. The summed E-state index contributed by atoms with van der Waals surface area (Å²) in [7, 11) is -3.26. The first-order chi connectivity index (χ1) is 8.41. The second kappa shape index (κ2) is 4.91. The van der Waals surface area contributed by atoms with Crippen LogP contribution in [-0.2, 0) is 15.7 Å². The van der Waals surface area contributed by atoms with Crippen LogP contribution in [0.3, 0.4) is 0 Å². The molecule has 0 aliphatic rings. The van der Waals surface area contributed by atoms with Crippen LogP contribution in [0.15, 0.2) is 35.5 Å². The number of benzene rings is 1. The lowest BCUT2D eigenvalue weighted by atomic mass is 10.2. The third kappa shape index (κ3) is 2.68. The van der Waals surface area contributed by atoms with Gasteiger partial charge in [0.1, 0.15) is 4.90 Å². The van der Waals surface area contributed by atoms with Crippen molar-refractivity contribution >= 4 is 33.0 Å². The van der Waals surface area contributed by atoms with Gasteiger partial charge in [0.25, 0.3) is 0 Å². The molecule has 1 heterocycles. The topological polar surface area (TPSA) is 52.0 Å². The molecule has 0 atom stereocenters. The molecule has 0 amide bonds. The molecule has 0 saturated heterocycles. The lowest BCUT2D eigenvalue weighted by Crippen LogP contribution is -1.99. The highest BCUT2D eigenvalue weighted by Gasteiger charge is 2.12. The van der Waals surface area contributed by atoms with Gasteiger partial charge in [-0.15, -0.1) is 11.6 Å². The maximum Gasteiger partial charge on any atom is 0.178 e. The Balaban J connectivity index is 2.53. The van der Waals surface area contributed by atoms with Gasteiger partial charge < -0.3 is 0 Å². The first kappa shape index (κ1) is 13.4. The summed E-state index contributed by atoms with van der Waals surface area (Å²) in [6.07, 6.45) is 3.90. The number of hydrogen-bond acceptors (Lipinski definition) is 3. The monoisotopic (exact) mass is 304 g/mol. The molecule has 7 heteroatoms. The fourth-order valence-corrected chi connectivity index (χ4v) is 2.45. The highest BCUT2D eigenvalue weighted by Crippen LogP contribution is 2.22. The number of nitrogens with zero attached hydrogens (tertiary/aromatic N) is 2. The molecule has 0 saturated carbocycles. The van der Waals surface area contributed by atoms with Crippen LogP contribution < -0.4 is 0 Å². The van der Waals surface area contributed by atoms with Crippen molar-refractivity contribution in [3.8, 4) is 5.69 Å². The van der Waals surface area contributed by atoms with E-state index in [4.69, 9.17) is 23.2 Å². The van der Waals surface area contributed by atoms with Crippen LogP contribution >= 0.6 is 23.2 Å². The summed E-state index contributed by atoms with van der Waals surface area (Å²) in [6.45, 7) is 0. The van der Waals surface area contributed by atoms with Crippen LogP contribution in [0.25, 0.3) is 5.69 Å². The zero-order valence-corrected chi connectivity index (χ0v) is 11.8. The van der Waals surface area contributed by atoms with E-state index in [-0.39, 0.29) is 10.8 Å². The molecule has 0 unspecified atom stereocenters. The first-order valence-electron chi connectivity index (χ1n) is 5.01. The van der Waals surface area contributed by atoms with Crippen molar-refractivity contribution < 1.29 is 8.42 Å². The van der Waals surface area contributed by atoms with Crippen molar-refractivity contribution in [2.45, 2.75) is 10.8 Å². The highest BCUT2D eigenvalue weighted by molar-refractivity contribution is 7.90. The number of hydrogen-bond donors (Lipinski definition) is 0. The largest absolute Gasteiger partial charge is 0.239 e. The Labute approximate surface area is 115 Å². The van der Waals surface area contributed by atoms with Crippen LogP contribution in [0, 0.1) is 0 Å². The van der Waals surface area contributed by atoms with Crippen molar-refractivity contribution in [1.82, 2.24) is 9.78 Å². The van der Waals surface area contributed by atoms with Gasteiger partial charge >= 0.3 is 0 Å². The van der Waals surface area contributed by atoms with Crippen LogP contribution in [0.1, 0.15) is 5.56 Å². The van der Waals surface area contributed by atoms with E-state index in [0.29, 0.717) is 10.7 Å². The summed E-state index contributed by atoms with van der Waals surface area (Å²) < 4.78 is 24.2. The average molecular weight is 305 g/mol. The zero-order valence-electron chi connectivity index (χ0n) is 9.47. The normalized spacial score (nSPS) is 11.7. The predicted octanol–water partition coefficient (Wildman–Crippen LogP) is 2.67. The molecule has 0 radical (unpaired) electrons. The number of alkyl halides is 1. The molecule has 0 spiro atoms. The maximum atomic E-state index is 11.4. The van der Waals surface area contributed by atoms with Crippen LogP contribution in [-0.4, -0.2) is 24.5 Å². The van der Waals surface area contributed by atoms with Crippen LogP contribution in [0.4, 0.5) is 0 Å². The number of rotatable bonds is 3. The molecule has 0 N–H and O–H groups in total. The Morgan fingerprint density at radius 3 is 2.67 bits per heavy atom. The third-order valence-corrected chi connectivity index (χ3v) is 4.01. The van der Waals surface area contributed by atoms with Crippen molar-refractivity contribution in [3.05, 3.63) is 41.2 Å². The van der Waals surface area contributed by atoms with Gasteiger partial charge in [-0.3, -0.25) is 0 Å². The molecule has 1 aromatic heterocycles. The van der Waals surface area contributed by atoms with E-state index < -0.39 is 9.84 Å². The summed E-state index contributed by atoms with van der Waals surface area (Å²) in [6, 6.07) is 5.18. The van der Waals surface area contributed by atoms with E-state index in [9.17, 15) is 8.42 Å². The van der Waals surface area contributed by atoms with Crippen molar-refractivity contribution in [1.29, 1.82) is 0 Å². The Hall–Kier alpha value is -1.04. The molecule has 4 nitrogen and oxygen atoms in total. The van der Waals surface area contributed by atoms with Crippen molar-refractivity contribution in [2.75, 3.05) is 6.26 Å². The van der Waals surface area contributed by atoms with Crippen molar-refractivity contribution in [3.63, 3.8) is 0 Å². The number of halogens is 2.